The van der Waals surface area contributed by atoms with E-state index in [0.717, 1.165) is 34.4 Å². The van der Waals surface area contributed by atoms with Gasteiger partial charge in [0, 0.05) is 11.6 Å². The Hall–Kier alpha value is -4.44. The third kappa shape index (κ3) is 5.28. The van der Waals surface area contributed by atoms with Crippen molar-refractivity contribution in [3.63, 3.8) is 0 Å². The second-order valence-electron chi connectivity index (χ2n) is 8.50. The largest absolute Gasteiger partial charge is 0.494 e. The van der Waals surface area contributed by atoms with Crippen LogP contribution in [-0.2, 0) is 4.79 Å². The number of ether oxygens (including phenoxy) is 4. The Bertz CT molecular complexity index is 1340. The molecule has 3 aromatic rings. The maximum absolute atomic E-state index is 12.4. The molecule has 0 spiro atoms. The fourth-order valence-electron chi connectivity index (χ4n) is 4.00. The molecule has 1 atom stereocenters. The molecule has 0 saturated carbocycles. The number of nitrogens with zero attached hydrogens (tertiary/aromatic N) is 1. The van der Waals surface area contributed by atoms with E-state index >= 15 is 0 Å². The molecule has 7 heteroatoms. The number of esters is 1. The minimum atomic E-state index is -0.549. The van der Waals surface area contributed by atoms with E-state index < -0.39 is 11.9 Å². The first-order valence-corrected chi connectivity index (χ1v) is 11.7. The van der Waals surface area contributed by atoms with Crippen LogP contribution in [0.25, 0.3) is 0 Å². The average Bonchev–Trinajstić information content (AvgIpc) is 2.87. The predicted molar refractivity (Wildman–Crippen MR) is 135 cm³/mol. The molecule has 7 nitrogen and oxygen atoms in total. The van der Waals surface area contributed by atoms with Crippen molar-refractivity contribution in [3.05, 3.63) is 94.4 Å². The highest BCUT2D eigenvalue weighted by atomic mass is 16.6. The lowest BCUT2D eigenvalue weighted by atomic mass is 9.83. The SMILES string of the molecule is CCCOc1ccc(C2C(C#N)=C(N)Oc3cc(OC(=O)COc4cccc(C)c4C)ccc32)cc1. The number of aryl methyl sites for hydroxylation is 1. The third-order valence-electron chi connectivity index (χ3n) is 6.01. The van der Waals surface area contributed by atoms with Crippen molar-refractivity contribution in [3.8, 4) is 29.1 Å². The van der Waals surface area contributed by atoms with Crippen molar-refractivity contribution in [2.75, 3.05) is 13.2 Å². The fraction of sp³-hybridized carbons (Fsp3) is 0.241. The van der Waals surface area contributed by atoms with Crippen molar-refractivity contribution in [1.29, 1.82) is 5.26 Å². The van der Waals surface area contributed by atoms with Gasteiger partial charge in [-0.1, -0.05) is 37.3 Å². The summed E-state index contributed by atoms with van der Waals surface area (Å²) in [6.07, 6.45) is 0.914. The predicted octanol–water partition coefficient (Wildman–Crippen LogP) is 5.29. The summed E-state index contributed by atoms with van der Waals surface area (Å²) in [7, 11) is 0. The van der Waals surface area contributed by atoms with Crippen molar-refractivity contribution in [2.45, 2.75) is 33.1 Å². The van der Waals surface area contributed by atoms with Gasteiger partial charge in [0.15, 0.2) is 6.61 Å². The summed E-state index contributed by atoms with van der Waals surface area (Å²) in [4.78, 5) is 12.4. The fourth-order valence-corrected chi connectivity index (χ4v) is 4.00. The molecule has 1 aliphatic heterocycles. The molecule has 0 fully saturated rings. The molecule has 1 unspecified atom stereocenters. The van der Waals surface area contributed by atoms with Crippen LogP contribution in [0.15, 0.2) is 72.1 Å². The van der Waals surface area contributed by atoms with Gasteiger partial charge in [-0.15, -0.1) is 0 Å². The second kappa shape index (κ2) is 10.9. The molecule has 0 saturated heterocycles. The summed E-state index contributed by atoms with van der Waals surface area (Å²) in [6.45, 7) is 6.36. The van der Waals surface area contributed by atoms with Gasteiger partial charge in [-0.05, 0) is 61.2 Å². The van der Waals surface area contributed by atoms with Crippen LogP contribution in [0.5, 0.6) is 23.0 Å². The highest BCUT2D eigenvalue weighted by molar-refractivity contribution is 5.74. The van der Waals surface area contributed by atoms with Gasteiger partial charge in [0.1, 0.15) is 34.6 Å². The van der Waals surface area contributed by atoms with Gasteiger partial charge in [0.2, 0.25) is 5.88 Å². The Morgan fingerprint density at radius 3 is 2.53 bits per heavy atom. The molecule has 184 valence electrons. The maximum Gasteiger partial charge on any atom is 0.349 e. The number of allylic oxidation sites excluding steroid dienone is 1. The van der Waals surface area contributed by atoms with Crippen molar-refractivity contribution < 1.29 is 23.7 Å². The van der Waals surface area contributed by atoms with E-state index in [2.05, 4.69) is 6.07 Å². The quantitative estimate of drug-likeness (QED) is 0.342. The van der Waals surface area contributed by atoms with Crippen LogP contribution in [0, 0.1) is 25.2 Å². The highest BCUT2D eigenvalue weighted by Gasteiger charge is 2.31. The average molecular weight is 485 g/mol. The van der Waals surface area contributed by atoms with Crippen molar-refractivity contribution >= 4 is 5.97 Å². The summed E-state index contributed by atoms with van der Waals surface area (Å²) in [6, 6.07) is 20.4. The van der Waals surface area contributed by atoms with E-state index in [1.54, 1.807) is 18.2 Å². The van der Waals surface area contributed by atoms with Crippen molar-refractivity contribution in [1.82, 2.24) is 0 Å². The number of benzene rings is 3. The minimum absolute atomic E-state index is 0.0167. The number of nitrogens with two attached hydrogens (primary N) is 1. The number of hydrogen-bond acceptors (Lipinski definition) is 7. The van der Waals surface area contributed by atoms with Crippen LogP contribution in [0.4, 0.5) is 0 Å². The Balaban J connectivity index is 1.52. The van der Waals surface area contributed by atoms with E-state index in [1.807, 2.05) is 63.2 Å². The van der Waals surface area contributed by atoms with Gasteiger partial charge in [-0.25, -0.2) is 4.79 Å². The van der Waals surface area contributed by atoms with Crippen LogP contribution in [0.1, 0.15) is 41.5 Å². The van der Waals surface area contributed by atoms with Crippen LogP contribution in [-0.4, -0.2) is 19.2 Å². The maximum atomic E-state index is 12.4. The molecular formula is C29H28N2O5. The molecule has 1 aliphatic rings. The molecular weight excluding hydrogens is 456 g/mol. The van der Waals surface area contributed by atoms with Crippen LogP contribution >= 0.6 is 0 Å². The van der Waals surface area contributed by atoms with E-state index in [4.69, 9.17) is 24.7 Å². The lowest BCUT2D eigenvalue weighted by molar-refractivity contribution is -0.136. The molecule has 3 aromatic carbocycles. The van der Waals surface area contributed by atoms with Crippen LogP contribution in [0.3, 0.4) is 0 Å². The Morgan fingerprint density at radius 1 is 1.06 bits per heavy atom. The van der Waals surface area contributed by atoms with E-state index in [-0.39, 0.29) is 12.5 Å². The smallest absolute Gasteiger partial charge is 0.349 e. The summed E-state index contributed by atoms with van der Waals surface area (Å²) >= 11 is 0. The topological polar surface area (TPSA) is 104 Å². The highest BCUT2D eigenvalue weighted by Crippen LogP contribution is 2.43. The second-order valence-corrected chi connectivity index (χ2v) is 8.50. The molecule has 0 bridgehead atoms. The summed E-state index contributed by atoms with van der Waals surface area (Å²) < 4.78 is 22.5. The van der Waals surface area contributed by atoms with Gasteiger partial charge < -0.3 is 24.7 Å². The molecule has 36 heavy (non-hydrogen) atoms. The van der Waals surface area contributed by atoms with E-state index in [0.29, 0.717) is 29.4 Å². The Labute approximate surface area is 210 Å². The van der Waals surface area contributed by atoms with Gasteiger partial charge in [-0.3, -0.25) is 0 Å². The van der Waals surface area contributed by atoms with Gasteiger partial charge in [0.05, 0.1) is 12.5 Å². The van der Waals surface area contributed by atoms with Crippen LogP contribution in [0.2, 0.25) is 0 Å². The standard InChI is InChI=1S/C29H28N2O5/c1-4-14-33-21-10-8-20(9-11-21)28-23-13-12-22(15-26(23)36-29(31)24(28)16-30)35-27(32)17-34-25-7-5-6-18(2)19(25)3/h5-13,15,28H,4,14,17,31H2,1-3H3. The zero-order valence-corrected chi connectivity index (χ0v) is 20.5. The zero-order valence-electron chi connectivity index (χ0n) is 20.5. The summed E-state index contributed by atoms with van der Waals surface area (Å²) in [5, 5.41) is 9.78. The van der Waals surface area contributed by atoms with Gasteiger partial charge in [0.25, 0.3) is 0 Å². The monoisotopic (exact) mass is 484 g/mol. The molecule has 0 amide bonds. The number of nitriles is 1. The Kier molecular flexibility index (Phi) is 7.45. The zero-order chi connectivity index (χ0) is 25.7. The molecule has 0 radical (unpaired) electrons. The first-order chi connectivity index (χ1) is 17.4. The molecule has 2 N–H and O–H groups in total. The Morgan fingerprint density at radius 2 is 1.81 bits per heavy atom. The number of carbonyl (C=O) groups excluding carboxylic acids is 1. The van der Waals surface area contributed by atoms with E-state index in [9.17, 15) is 10.1 Å². The summed E-state index contributed by atoms with van der Waals surface area (Å²) in [5.74, 6) is 1.15. The normalized spacial score (nSPS) is 14.3. The first kappa shape index (κ1) is 24.7. The molecule has 4 rings (SSSR count). The molecule has 1 heterocycles. The van der Waals surface area contributed by atoms with Crippen molar-refractivity contribution in [2.24, 2.45) is 5.73 Å². The van der Waals surface area contributed by atoms with E-state index in [1.165, 1.54) is 0 Å². The molecule has 0 aromatic heterocycles. The lowest BCUT2D eigenvalue weighted by Crippen LogP contribution is -2.21. The summed E-state index contributed by atoms with van der Waals surface area (Å²) in [5.41, 5.74) is 10.1. The lowest BCUT2D eigenvalue weighted by Gasteiger charge is -2.26. The number of hydrogen-bond donors (Lipinski definition) is 1. The van der Waals surface area contributed by atoms with Crippen LogP contribution < -0.4 is 24.7 Å². The number of fused-ring (bicyclic) bond motifs is 1. The first-order valence-electron chi connectivity index (χ1n) is 11.7. The molecule has 0 aliphatic carbocycles. The number of rotatable bonds is 8. The minimum Gasteiger partial charge on any atom is -0.494 e. The van der Waals surface area contributed by atoms with Gasteiger partial charge in [-0.2, -0.15) is 5.26 Å². The van der Waals surface area contributed by atoms with Gasteiger partial charge >= 0.3 is 5.97 Å². The third-order valence-corrected chi connectivity index (χ3v) is 6.01. The number of carbonyl (C=O) groups is 1.